The van der Waals surface area contributed by atoms with Crippen LogP contribution in [0, 0.1) is 0 Å². The molecule has 0 aliphatic rings. The Bertz CT molecular complexity index is 314. The van der Waals surface area contributed by atoms with Gasteiger partial charge >= 0.3 is 12.1 Å². The van der Waals surface area contributed by atoms with Crippen molar-refractivity contribution in [3.63, 3.8) is 0 Å². The van der Waals surface area contributed by atoms with Crippen LogP contribution < -0.4 is 5.32 Å². The summed E-state index contributed by atoms with van der Waals surface area (Å²) in [6.45, 7) is 11.0. The van der Waals surface area contributed by atoms with Crippen LogP contribution in [0.25, 0.3) is 0 Å². The van der Waals surface area contributed by atoms with Gasteiger partial charge in [0, 0.05) is 13.0 Å². The minimum atomic E-state index is -1.11. The zero-order valence-electron chi connectivity index (χ0n) is 12.6. The van der Waals surface area contributed by atoms with Crippen LogP contribution in [0.5, 0.6) is 0 Å². The molecule has 0 fully saturated rings. The number of rotatable bonds is 5. The van der Waals surface area contributed by atoms with Crippen LogP contribution in [0.2, 0.25) is 0 Å². The fourth-order valence-corrected chi connectivity index (χ4v) is 1.19. The van der Waals surface area contributed by atoms with E-state index in [-0.39, 0.29) is 18.6 Å². The summed E-state index contributed by atoms with van der Waals surface area (Å²) < 4.78 is 10.4. The van der Waals surface area contributed by atoms with Gasteiger partial charge in [0.2, 0.25) is 0 Å². The van der Waals surface area contributed by atoms with E-state index >= 15 is 0 Å². The summed E-state index contributed by atoms with van der Waals surface area (Å²) in [7, 11) is 0. The molecule has 112 valence electrons. The Labute approximate surface area is 114 Å². The van der Waals surface area contributed by atoms with Crippen LogP contribution in [0.3, 0.4) is 0 Å². The van der Waals surface area contributed by atoms with Crippen molar-refractivity contribution < 1.29 is 24.2 Å². The van der Waals surface area contributed by atoms with Crippen molar-refractivity contribution in [2.45, 2.75) is 65.2 Å². The second kappa shape index (κ2) is 6.75. The third kappa shape index (κ3) is 10.3. The lowest BCUT2D eigenvalue weighted by Gasteiger charge is -2.23. The van der Waals surface area contributed by atoms with Crippen LogP contribution in [0.4, 0.5) is 4.79 Å². The molecule has 0 aliphatic carbocycles. The number of ether oxygens (including phenoxy) is 2. The lowest BCUT2D eigenvalue weighted by molar-refractivity contribution is -0.140. The van der Waals surface area contributed by atoms with E-state index in [0.29, 0.717) is 0 Å². The molecule has 0 aromatic heterocycles. The first kappa shape index (κ1) is 17.7. The third-order valence-corrected chi connectivity index (χ3v) is 1.93. The predicted octanol–water partition coefficient (Wildman–Crippen LogP) is 2.17. The Morgan fingerprint density at radius 1 is 1.11 bits per heavy atom. The van der Waals surface area contributed by atoms with Crippen molar-refractivity contribution in [3.05, 3.63) is 0 Å². The Balaban J connectivity index is 4.28. The number of carboxylic acids is 1. The fraction of sp³-hybridized carbons (Fsp3) is 0.846. The molecule has 0 bridgehead atoms. The number of hydrogen-bond acceptors (Lipinski definition) is 4. The van der Waals surface area contributed by atoms with Gasteiger partial charge in [0.25, 0.3) is 0 Å². The highest BCUT2D eigenvalue weighted by atomic mass is 16.6. The average molecular weight is 275 g/mol. The highest BCUT2D eigenvalue weighted by Crippen LogP contribution is 2.09. The first-order valence-electron chi connectivity index (χ1n) is 6.27. The van der Waals surface area contributed by atoms with Crippen LogP contribution in [-0.4, -0.2) is 41.0 Å². The largest absolute Gasteiger partial charge is 0.480 e. The maximum absolute atomic E-state index is 11.5. The maximum atomic E-state index is 11.5. The molecule has 0 aromatic rings. The van der Waals surface area contributed by atoms with Gasteiger partial charge < -0.3 is 19.9 Å². The average Bonchev–Trinajstić information content (AvgIpc) is 2.10. The van der Waals surface area contributed by atoms with E-state index in [1.807, 2.05) is 20.8 Å². The van der Waals surface area contributed by atoms with Crippen molar-refractivity contribution in [3.8, 4) is 0 Å². The highest BCUT2D eigenvalue weighted by molar-refractivity contribution is 5.79. The van der Waals surface area contributed by atoms with Crippen LogP contribution >= 0.6 is 0 Å². The van der Waals surface area contributed by atoms with Gasteiger partial charge in [-0.25, -0.2) is 9.59 Å². The topological polar surface area (TPSA) is 84.9 Å². The molecule has 0 aromatic carbocycles. The van der Waals surface area contributed by atoms with Gasteiger partial charge in [-0.1, -0.05) is 0 Å². The maximum Gasteiger partial charge on any atom is 0.408 e. The molecule has 0 rings (SSSR count). The molecule has 0 radical (unpaired) electrons. The van der Waals surface area contributed by atoms with Crippen molar-refractivity contribution >= 4 is 12.1 Å². The molecule has 6 heteroatoms. The predicted molar refractivity (Wildman–Crippen MR) is 71.1 cm³/mol. The van der Waals surface area contributed by atoms with Gasteiger partial charge in [-0.05, 0) is 41.5 Å². The molecule has 0 unspecified atom stereocenters. The molecule has 0 aliphatic heterocycles. The summed E-state index contributed by atoms with van der Waals surface area (Å²) in [4.78, 5) is 22.5. The quantitative estimate of drug-likeness (QED) is 0.803. The standard InChI is InChI=1S/C13H25NO5/c1-12(2,3)18-8-7-9(10(15)16)14-11(17)19-13(4,5)6/h9H,7-8H2,1-6H3,(H,14,17)(H,15,16)/t9-/m1/s1. The number of carbonyl (C=O) groups excluding carboxylic acids is 1. The summed E-state index contributed by atoms with van der Waals surface area (Å²) >= 11 is 0. The molecule has 0 saturated heterocycles. The number of aliphatic carboxylic acids is 1. The minimum Gasteiger partial charge on any atom is -0.480 e. The Morgan fingerprint density at radius 3 is 2.00 bits per heavy atom. The van der Waals surface area contributed by atoms with Crippen LogP contribution in [-0.2, 0) is 14.3 Å². The Hall–Kier alpha value is -1.30. The van der Waals surface area contributed by atoms with Gasteiger partial charge in [-0.3, -0.25) is 0 Å². The molecule has 0 saturated carbocycles. The van der Waals surface area contributed by atoms with Crippen LogP contribution in [0.15, 0.2) is 0 Å². The number of hydrogen-bond donors (Lipinski definition) is 2. The second-order valence-electron chi connectivity index (χ2n) is 6.29. The van der Waals surface area contributed by atoms with Crippen molar-refractivity contribution in [1.82, 2.24) is 5.32 Å². The summed E-state index contributed by atoms with van der Waals surface area (Å²) in [5, 5.41) is 11.3. The number of amides is 1. The summed E-state index contributed by atoms with van der Waals surface area (Å²) in [5.74, 6) is -1.11. The second-order valence-corrected chi connectivity index (χ2v) is 6.29. The van der Waals surface area contributed by atoms with Gasteiger partial charge in [0.05, 0.1) is 5.60 Å². The molecular weight excluding hydrogens is 250 g/mol. The Kier molecular flexibility index (Phi) is 6.29. The first-order valence-corrected chi connectivity index (χ1v) is 6.27. The van der Waals surface area contributed by atoms with Crippen molar-refractivity contribution in [2.75, 3.05) is 6.61 Å². The molecule has 0 spiro atoms. The van der Waals surface area contributed by atoms with E-state index in [2.05, 4.69) is 5.32 Å². The molecule has 19 heavy (non-hydrogen) atoms. The molecule has 2 N–H and O–H groups in total. The lowest BCUT2D eigenvalue weighted by Crippen LogP contribution is -2.44. The number of carboxylic acid groups (broad SMARTS) is 1. The normalized spacial score (nSPS) is 13.8. The number of nitrogens with one attached hydrogen (secondary N) is 1. The smallest absolute Gasteiger partial charge is 0.408 e. The first-order chi connectivity index (χ1) is 8.41. The minimum absolute atomic E-state index is 0.186. The van der Waals surface area contributed by atoms with E-state index in [0.717, 1.165) is 0 Å². The van der Waals surface area contributed by atoms with E-state index < -0.39 is 23.7 Å². The SMILES string of the molecule is CC(C)(C)OCC[C@@H](NC(=O)OC(C)(C)C)C(=O)O. The summed E-state index contributed by atoms with van der Waals surface area (Å²) in [6, 6.07) is -1.02. The molecule has 6 nitrogen and oxygen atoms in total. The zero-order valence-corrected chi connectivity index (χ0v) is 12.6. The Morgan fingerprint density at radius 2 is 1.63 bits per heavy atom. The van der Waals surface area contributed by atoms with Gasteiger partial charge in [-0.2, -0.15) is 0 Å². The third-order valence-electron chi connectivity index (χ3n) is 1.93. The molecular formula is C13H25NO5. The van der Waals surface area contributed by atoms with Crippen molar-refractivity contribution in [1.29, 1.82) is 0 Å². The fourth-order valence-electron chi connectivity index (χ4n) is 1.19. The molecule has 1 amide bonds. The summed E-state index contributed by atoms with van der Waals surface area (Å²) in [6.07, 6.45) is -0.554. The monoisotopic (exact) mass is 275 g/mol. The summed E-state index contributed by atoms with van der Waals surface area (Å²) in [5.41, 5.74) is -0.996. The number of carbonyl (C=O) groups is 2. The van der Waals surface area contributed by atoms with E-state index in [1.54, 1.807) is 20.8 Å². The molecule has 0 heterocycles. The lowest BCUT2D eigenvalue weighted by atomic mass is 10.2. The van der Waals surface area contributed by atoms with E-state index in [4.69, 9.17) is 14.6 Å². The van der Waals surface area contributed by atoms with Gasteiger partial charge in [0.1, 0.15) is 11.6 Å². The zero-order chi connectivity index (χ0) is 15.3. The van der Waals surface area contributed by atoms with Gasteiger partial charge in [-0.15, -0.1) is 0 Å². The van der Waals surface area contributed by atoms with Gasteiger partial charge in [0.15, 0.2) is 0 Å². The van der Waals surface area contributed by atoms with Crippen molar-refractivity contribution in [2.24, 2.45) is 0 Å². The van der Waals surface area contributed by atoms with Crippen LogP contribution in [0.1, 0.15) is 48.0 Å². The number of alkyl carbamates (subject to hydrolysis) is 1. The van der Waals surface area contributed by atoms with E-state index in [9.17, 15) is 9.59 Å². The highest BCUT2D eigenvalue weighted by Gasteiger charge is 2.24. The molecule has 1 atom stereocenters. The van der Waals surface area contributed by atoms with E-state index in [1.165, 1.54) is 0 Å².